The topological polar surface area (TPSA) is 76.2 Å². The molecule has 0 aliphatic heterocycles. The number of carbonyl (C=O) groups is 1. The van der Waals surface area contributed by atoms with Crippen LogP contribution in [0.1, 0.15) is 16.1 Å². The summed E-state index contributed by atoms with van der Waals surface area (Å²) >= 11 is 0. The Hall–Kier alpha value is -3.32. The number of para-hydroxylation sites is 1. The highest BCUT2D eigenvalue weighted by atomic mass is 16.4. The van der Waals surface area contributed by atoms with Crippen LogP contribution in [0.2, 0.25) is 0 Å². The van der Waals surface area contributed by atoms with Gasteiger partial charge in [-0.15, -0.1) is 6.42 Å². The third-order valence-electron chi connectivity index (χ3n) is 3.45. The quantitative estimate of drug-likeness (QED) is 0.416. The molecule has 1 heterocycles. The SMILES string of the molecule is C#Cc1cc2cccc(N)c2nc1C(=O)O.c1cc2ccc1-2. The van der Waals surface area contributed by atoms with Crippen LogP contribution in [0.3, 0.4) is 0 Å². The van der Waals surface area contributed by atoms with E-state index in [9.17, 15) is 4.79 Å². The average Bonchev–Trinajstić information content (AvgIpc) is 2.50. The largest absolute Gasteiger partial charge is 0.476 e. The van der Waals surface area contributed by atoms with Crippen molar-refractivity contribution in [3.8, 4) is 23.5 Å². The van der Waals surface area contributed by atoms with Crippen molar-refractivity contribution in [2.24, 2.45) is 0 Å². The number of nitrogens with zero attached hydrogens (tertiary/aromatic N) is 1. The molecule has 0 unspecified atom stereocenters. The zero-order chi connectivity index (χ0) is 15.7. The summed E-state index contributed by atoms with van der Waals surface area (Å²) in [7, 11) is 0. The van der Waals surface area contributed by atoms with Gasteiger partial charge in [-0.3, -0.25) is 0 Å². The van der Waals surface area contributed by atoms with Gasteiger partial charge in [0.1, 0.15) is 0 Å². The van der Waals surface area contributed by atoms with E-state index >= 15 is 0 Å². The van der Waals surface area contributed by atoms with Crippen molar-refractivity contribution in [2.45, 2.75) is 0 Å². The number of hydrogen-bond donors (Lipinski definition) is 2. The minimum absolute atomic E-state index is 0.145. The lowest BCUT2D eigenvalue weighted by atomic mass is 9.95. The second-order valence-corrected chi connectivity index (χ2v) is 4.83. The fourth-order valence-electron chi connectivity index (χ4n) is 2.16. The van der Waals surface area contributed by atoms with Gasteiger partial charge in [0.15, 0.2) is 5.69 Å². The van der Waals surface area contributed by atoms with Crippen molar-refractivity contribution in [1.29, 1.82) is 0 Å². The van der Waals surface area contributed by atoms with Gasteiger partial charge in [0.25, 0.3) is 0 Å². The van der Waals surface area contributed by atoms with E-state index in [0.29, 0.717) is 11.2 Å². The number of aromatic carboxylic acids is 1. The molecule has 2 aliphatic carbocycles. The molecular weight excluding hydrogens is 276 g/mol. The van der Waals surface area contributed by atoms with Crippen molar-refractivity contribution in [2.75, 3.05) is 5.73 Å². The van der Waals surface area contributed by atoms with Gasteiger partial charge < -0.3 is 10.8 Å². The number of carboxylic acid groups (broad SMARTS) is 1. The first-order chi connectivity index (χ1) is 10.6. The Labute approximate surface area is 127 Å². The minimum atomic E-state index is -1.15. The average molecular weight is 288 g/mol. The molecular formula is C18H12N2O2. The van der Waals surface area contributed by atoms with E-state index in [0.717, 1.165) is 5.39 Å². The van der Waals surface area contributed by atoms with E-state index in [4.69, 9.17) is 17.3 Å². The molecule has 2 aliphatic rings. The summed E-state index contributed by atoms with van der Waals surface area (Å²) in [5.41, 5.74) is 9.56. The maximum absolute atomic E-state index is 10.9. The summed E-state index contributed by atoms with van der Waals surface area (Å²) in [6.45, 7) is 0. The number of aromatic nitrogens is 1. The zero-order valence-electron chi connectivity index (χ0n) is 11.6. The predicted molar refractivity (Wildman–Crippen MR) is 86.5 cm³/mol. The Kier molecular flexibility index (Phi) is 3.24. The Morgan fingerprint density at radius 3 is 2.23 bits per heavy atom. The summed E-state index contributed by atoms with van der Waals surface area (Å²) in [4.78, 5) is 14.9. The van der Waals surface area contributed by atoms with E-state index in [2.05, 4.69) is 35.2 Å². The third kappa shape index (κ3) is 2.25. The van der Waals surface area contributed by atoms with Crippen LogP contribution in [0.15, 0.2) is 48.5 Å². The van der Waals surface area contributed by atoms with Crippen LogP contribution < -0.4 is 5.73 Å². The first-order valence-electron chi connectivity index (χ1n) is 6.60. The van der Waals surface area contributed by atoms with E-state index in [1.54, 1.807) is 24.3 Å². The molecule has 0 radical (unpaired) electrons. The standard InChI is InChI=1S/C12H8N2O2.C6H4/c1-2-7-6-8-4-3-5-9(13)10(8)14-11(7)12(15)16;1-2-6-4-3-5(1)6/h1,3-6H,13H2,(H,15,16);1-4H. The number of carboxylic acids is 1. The van der Waals surface area contributed by atoms with Crippen LogP contribution in [0.5, 0.6) is 0 Å². The molecule has 0 bridgehead atoms. The first-order valence-corrected chi connectivity index (χ1v) is 6.60. The maximum Gasteiger partial charge on any atom is 0.355 e. The molecule has 4 rings (SSSR count). The third-order valence-corrected chi connectivity index (χ3v) is 3.45. The fourth-order valence-corrected chi connectivity index (χ4v) is 2.16. The van der Waals surface area contributed by atoms with Crippen LogP contribution in [-0.2, 0) is 0 Å². The number of hydrogen-bond acceptors (Lipinski definition) is 3. The van der Waals surface area contributed by atoms with Crippen LogP contribution in [0.25, 0.3) is 22.0 Å². The van der Waals surface area contributed by atoms with Crippen molar-refractivity contribution >= 4 is 22.6 Å². The van der Waals surface area contributed by atoms with Crippen LogP contribution in [-0.4, -0.2) is 16.1 Å². The number of rotatable bonds is 1. The lowest BCUT2D eigenvalue weighted by Crippen LogP contribution is -2.05. The summed E-state index contributed by atoms with van der Waals surface area (Å²) < 4.78 is 0. The van der Waals surface area contributed by atoms with Gasteiger partial charge in [-0.25, -0.2) is 9.78 Å². The Balaban J connectivity index is 0.000000196. The molecule has 3 N–H and O–H groups in total. The van der Waals surface area contributed by atoms with Gasteiger partial charge in [-0.05, 0) is 23.3 Å². The normalized spacial score (nSPS) is 10.3. The number of pyridine rings is 1. The Morgan fingerprint density at radius 1 is 1.14 bits per heavy atom. The molecule has 2 aromatic rings. The van der Waals surface area contributed by atoms with Crippen LogP contribution >= 0.6 is 0 Å². The summed E-state index contributed by atoms with van der Waals surface area (Å²) in [6.07, 6.45) is 5.23. The molecule has 106 valence electrons. The zero-order valence-corrected chi connectivity index (χ0v) is 11.6. The number of anilines is 1. The molecule has 0 atom stereocenters. The van der Waals surface area contributed by atoms with E-state index in [1.165, 1.54) is 11.1 Å². The van der Waals surface area contributed by atoms with Gasteiger partial charge >= 0.3 is 5.97 Å². The molecule has 1 aromatic carbocycles. The Bertz CT molecular complexity index is 901. The lowest BCUT2D eigenvalue weighted by Gasteiger charge is -2.10. The second kappa shape index (κ2) is 5.23. The first kappa shape index (κ1) is 13.7. The number of terminal acetylenes is 1. The van der Waals surface area contributed by atoms with Gasteiger partial charge in [-0.2, -0.15) is 0 Å². The lowest BCUT2D eigenvalue weighted by molar-refractivity contribution is 0.0690. The predicted octanol–water partition coefficient (Wildman–Crippen LogP) is 3.16. The van der Waals surface area contributed by atoms with Crippen molar-refractivity contribution in [1.82, 2.24) is 4.98 Å². The van der Waals surface area contributed by atoms with Crippen molar-refractivity contribution < 1.29 is 9.90 Å². The van der Waals surface area contributed by atoms with E-state index < -0.39 is 5.97 Å². The summed E-state index contributed by atoms with van der Waals surface area (Å²) in [5, 5.41) is 9.68. The van der Waals surface area contributed by atoms with Crippen LogP contribution in [0.4, 0.5) is 5.69 Å². The summed E-state index contributed by atoms with van der Waals surface area (Å²) in [5.74, 6) is 1.15. The van der Waals surface area contributed by atoms with E-state index in [-0.39, 0.29) is 11.3 Å². The fraction of sp³-hybridized carbons (Fsp3) is 0. The molecule has 4 nitrogen and oxygen atoms in total. The second-order valence-electron chi connectivity index (χ2n) is 4.83. The minimum Gasteiger partial charge on any atom is -0.476 e. The maximum atomic E-state index is 10.9. The molecule has 4 heteroatoms. The van der Waals surface area contributed by atoms with Crippen molar-refractivity contribution in [3.63, 3.8) is 0 Å². The molecule has 1 aromatic heterocycles. The highest BCUT2D eigenvalue weighted by Crippen LogP contribution is 2.29. The van der Waals surface area contributed by atoms with Gasteiger partial charge in [0.05, 0.1) is 16.8 Å². The molecule has 22 heavy (non-hydrogen) atoms. The van der Waals surface area contributed by atoms with Gasteiger partial charge in [0, 0.05) is 5.39 Å². The smallest absolute Gasteiger partial charge is 0.355 e. The van der Waals surface area contributed by atoms with Gasteiger partial charge in [-0.1, -0.05) is 42.3 Å². The highest BCUT2D eigenvalue weighted by molar-refractivity contribution is 5.96. The van der Waals surface area contributed by atoms with Gasteiger partial charge in [0.2, 0.25) is 0 Å². The monoisotopic (exact) mass is 288 g/mol. The molecule has 0 fully saturated rings. The number of nitrogen functional groups attached to an aromatic ring is 1. The Morgan fingerprint density at radius 2 is 1.77 bits per heavy atom. The number of benzene rings is 2. The van der Waals surface area contributed by atoms with Crippen molar-refractivity contribution in [3.05, 3.63) is 59.8 Å². The number of nitrogens with two attached hydrogens (primary N) is 1. The van der Waals surface area contributed by atoms with E-state index in [1.807, 2.05) is 0 Å². The van der Waals surface area contributed by atoms with Crippen LogP contribution in [0, 0.1) is 12.3 Å². The molecule has 0 saturated heterocycles. The summed E-state index contributed by atoms with van der Waals surface area (Å²) in [6, 6.07) is 15.3. The molecule has 0 saturated carbocycles. The molecule has 0 amide bonds. The number of fused-ring (bicyclic) bond motifs is 2. The highest BCUT2D eigenvalue weighted by Gasteiger charge is 2.13. The molecule has 0 spiro atoms.